The molecule has 0 aliphatic carbocycles. The maximum Gasteiger partial charge on any atom is 0.225 e. The molecule has 1 saturated heterocycles. The number of nitrogens with one attached hydrogen (secondary N) is 1. The Labute approximate surface area is 128 Å². The first-order chi connectivity index (χ1) is 9.79. The van der Waals surface area contributed by atoms with Crippen LogP contribution in [0.2, 0.25) is 0 Å². The normalized spacial score (nSPS) is 18.9. The van der Waals surface area contributed by atoms with Gasteiger partial charge in [-0.15, -0.1) is 0 Å². The minimum Gasteiger partial charge on any atom is -0.352 e. The van der Waals surface area contributed by atoms with Gasteiger partial charge >= 0.3 is 0 Å². The van der Waals surface area contributed by atoms with E-state index in [1.807, 2.05) is 6.07 Å². The third kappa shape index (κ3) is 4.74. The number of carbonyl (C=O) groups is 1. The van der Waals surface area contributed by atoms with Gasteiger partial charge in [0.05, 0.1) is 0 Å². The number of piperidine rings is 1. The number of alkyl halides is 1. The van der Waals surface area contributed by atoms with Crippen LogP contribution in [0.15, 0.2) is 18.5 Å². The number of hydrogen-bond acceptors (Lipinski definition) is 4. The van der Waals surface area contributed by atoms with E-state index in [1.54, 1.807) is 12.4 Å². The molecule has 5 nitrogen and oxygen atoms in total. The van der Waals surface area contributed by atoms with Gasteiger partial charge in [-0.25, -0.2) is 9.97 Å². The number of halogens is 1. The van der Waals surface area contributed by atoms with Crippen molar-refractivity contribution in [3.05, 3.63) is 18.5 Å². The zero-order chi connectivity index (χ0) is 14.2. The van der Waals surface area contributed by atoms with Gasteiger partial charge in [-0.2, -0.15) is 0 Å². The third-order valence-electron chi connectivity index (χ3n) is 3.41. The van der Waals surface area contributed by atoms with Gasteiger partial charge in [0.2, 0.25) is 11.9 Å². The van der Waals surface area contributed by atoms with Crippen LogP contribution in [-0.2, 0) is 4.79 Å². The summed E-state index contributed by atoms with van der Waals surface area (Å²) in [5.74, 6) is 0.914. The molecule has 1 aromatic rings. The third-order valence-corrected chi connectivity index (χ3v) is 3.97. The molecule has 1 aromatic heterocycles. The number of anilines is 1. The second-order valence-electron chi connectivity index (χ2n) is 5.05. The molecule has 1 fully saturated rings. The lowest BCUT2D eigenvalue weighted by molar-refractivity contribution is -0.121. The van der Waals surface area contributed by atoms with Gasteiger partial charge in [-0.1, -0.05) is 15.9 Å². The van der Waals surface area contributed by atoms with Crippen molar-refractivity contribution >= 4 is 27.8 Å². The summed E-state index contributed by atoms with van der Waals surface area (Å²) < 4.78 is 0. The molecule has 1 aliphatic rings. The highest BCUT2D eigenvalue weighted by Gasteiger charge is 2.22. The second-order valence-corrected chi connectivity index (χ2v) is 5.84. The molecule has 1 amide bonds. The van der Waals surface area contributed by atoms with Crippen molar-refractivity contribution in [3.8, 4) is 0 Å². The Hall–Kier alpha value is -1.17. The van der Waals surface area contributed by atoms with Crippen LogP contribution in [0.5, 0.6) is 0 Å². The Bertz CT molecular complexity index is 415. The fraction of sp³-hybridized carbons (Fsp3) is 0.643. The summed E-state index contributed by atoms with van der Waals surface area (Å²) in [7, 11) is 0. The summed E-state index contributed by atoms with van der Waals surface area (Å²) in [5.41, 5.74) is 0. The number of carbonyl (C=O) groups excluding carboxylic acids is 1. The van der Waals surface area contributed by atoms with Crippen molar-refractivity contribution in [2.24, 2.45) is 0 Å². The average Bonchev–Trinajstić information content (AvgIpc) is 2.49. The standard InChI is InChI=1S/C14H21BrN4O/c15-7-2-1-6-13(20)18-12-5-3-10-19(11-12)14-16-8-4-9-17-14/h4,8-9,12H,1-3,5-7,10-11H2,(H,18,20). The smallest absolute Gasteiger partial charge is 0.225 e. The molecule has 0 saturated carbocycles. The molecule has 0 bridgehead atoms. The first kappa shape index (κ1) is 15.2. The lowest BCUT2D eigenvalue weighted by Gasteiger charge is -2.33. The molecule has 6 heteroatoms. The van der Waals surface area contributed by atoms with E-state index in [0.29, 0.717) is 6.42 Å². The SMILES string of the molecule is O=C(CCCCBr)NC1CCCN(c2ncccn2)C1. The van der Waals surface area contributed by atoms with E-state index in [0.717, 1.165) is 50.1 Å². The molecule has 0 spiro atoms. The van der Waals surface area contributed by atoms with Crippen LogP contribution in [0, 0.1) is 0 Å². The Balaban J connectivity index is 1.80. The van der Waals surface area contributed by atoms with Gasteiger partial charge in [-0.3, -0.25) is 4.79 Å². The van der Waals surface area contributed by atoms with Crippen molar-refractivity contribution in [3.63, 3.8) is 0 Å². The summed E-state index contributed by atoms with van der Waals surface area (Å²) in [6.45, 7) is 1.76. The highest BCUT2D eigenvalue weighted by atomic mass is 79.9. The van der Waals surface area contributed by atoms with Gasteiger partial charge in [0.15, 0.2) is 0 Å². The lowest BCUT2D eigenvalue weighted by atomic mass is 10.1. The van der Waals surface area contributed by atoms with Crippen LogP contribution in [0.4, 0.5) is 5.95 Å². The Morgan fingerprint density at radius 1 is 1.40 bits per heavy atom. The Morgan fingerprint density at radius 3 is 2.95 bits per heavy atom. The molecule has 20 heavy (non-hydrogen) atoms. The number of aromatic nitrogens is 2. The summed E-state index contributed by atoms with van der Waals surface area (Å²) in [4.78, 5) is 22.5. The fourth-order valence-corrected chi connectivity index (χ4v) is 2.81. The number of amides is 1. The molecule has 0 radical (unpaired) electrons. The van der Waals surface area contributed by atoms with Crippen LogP contribution in [0.3, 0.4) is 0 Å². The van der Waals surface area contributed by atoms with Crippen molar-refractivity contribution in [2.45, 2.75) is 38.1 Å². The largest absolute Gasteiger partial charge is 0.352 e. The van der Waals surface area contributed by atoms with Crippen molar-refractivity contribution in [2.75, 3.05) is 23.3 Å². The first-order valence-electron chi connectivity index (χ1n) is 7.17. The fourth-order valence-electron chi connectivity index (χ4n) is 2.41. The molecule has 2 rings (SSSR count). The molecule has 2 heterocycles. The maximum absolute atomic E-state index is 11.9. The van der Waals surface area contributed by atoms with Gasteiger partial charge in [0, 0.05) is 43.3 Å². The first-order valence-corrected chi connectivity index (χ1v) is 8.29. The molecule has 110 valence electrons. The molecule has 1 unspecified atom stereocenters. The molecular weight excluding hydrogens is 320 g/mol. The maximum atomic E-state index is 11.9. The minimum atomic E-state index is 0.159. The molecular formula is C14H21BrN4O. The second kappa shape index (κ2) is 8.19. The Kier molecular flexibility index (Phi) is 6.24. The monoisotopic (exact) mass is 340 g/mol. The van der Waals surface area contributed by atoms with E-state index in [9.17, 15) is 4.79 Å². The van der Waals surface area contributed by atoms with E-state index in [2.05, 4.69) is 36.1 Å². The number of hydrogen-bond donors (Lipinski definition) is 1. The van der Waals surface area contributed by atoms with E-state index in [4.69, 9.17) is 0 Å². The molecule has 1 atom stereocenters. The van der Waals surface area contributed by atoms with Crippen LogP contribution in [0.25, 0.3) is 0 Å². The van der Waals surface area contributed by atoms with Crippen LogP contribution < -0.4 is 10.2 Å². The van der Waals surface area contributed by atoms with E-state index in [1.165, 1.54) is 0 Å². The van der Waals surface area contributed by atoms with Crippen molar-refractivity contribution in [1.82, 2.24) is 15.3 Å². The summed E-state index contributed by atoms with van der Waals surface area (Å²) >= 11 is 3.38. The predicted molar refractivity (Wildman–Crippen MR) is 83.1 cm³/mol. The highest BCUT2D eigenvalue weighted by Crippen LogP contribution is 2.15. The summed E-state index contributed by atoms with van der Waals surface area (Å²) in [5, 5.41) is 4.09. The highest BCUT2D eigenvalue weighted by molar-refractivity contribution is 9.09. The summed E-state index contributed by atoms with van der Waals surface area (Å²) in [6.07, 6.45) is 8.20. The molecule has 1 N–H and O–H groups in total. The van der Waals surface area contributed by atoms with E-state index >= 15 is 0 Å². The van der Waals surface area contributed by atoms with Gasteiger partial charge < -0.3 is 10.2 Å². The number of nitrogens with zero attached hydrogens (tertiary/aromatic N) is 3. The van der Waals surface area contributed by atoms with Crippen LogP contribution >= 0.6 is 15.9 Å². The van der Waals surface area contributed by atoms with E-state index in [-0.39, 0.29) is 11.9 Å². The quantitative estimate of drug-likeness (QED) is 0.636. The van der Waals surface area contributed by atoms with Crippen molar-refractivity contribution in [1.29, 1.82) is 0 Å². The topological polar surface area (TPSA) is 58.1 Å². The Morgan fingerprint density at radius 2 is 2.20 bits per heavy atom. The average molecular weight is 341 g/mol. The van der Waals surface area contributed by atoms with Crippen molar-refractivity contribution < 1.29 is 4.79 Å². The summed E-state index contributed by atoms with van der Waals surface area (Å²) in [6, 6.07) is 2.03. The minimum absolute atomic E-state index is 0.159. The van der Waals surface area contributed by atoms with Gasteiger partial charge in [0.1, 0.15) is 0 Å². The van der Waals surface area contributed by atoms with Gasteiger partial charge in [0.25, 0.3) is 0 Å². The number of rotatable bonds is 6. The molecule has 0 aromatic carbocycles. The van der Waals surface area contributed by atoms with E-state index < -0.39 is 0 Å². The zero-order valence-electron chi connectivity index (χ0n) is 11.6. The molecule has 1 aliphatic heterocycles. The predicted octanol–water partition coefficient (Wildman–Crippen LogP) is 2.13. The van der Waals surface area contributed by atoms with Crippen LogP contribution in [0.1, 0.15) is 32.1 Å². The van der Waals surface area contributed by atoms with Gasteiger partial charge in [-0.05, 0) is 31.7 Å². The lowest BCUT2D eigenvalue weighted by Crippen LogP contribution is -2.48. The number of unbranched alkanes of at least 4 members (excludes halogenated alkanes) is 1. The zero-order valence-corrected chi connectivity index (χ0v) is 13.2. The van der Waals surface area contributed by atoms with Crippen LogP contribution in [-0.4, -0.2) is 40.3 Å².